The number of rotatable bonds is 7. The number of carbonyl (C=O) groups is 1. The second-order valence-corrected chi connectivity index (χ2v) is 7.22. The molecule has 4 aromatic rings. The summed E-state index contributed by atoms with van der Waals surface area (Å²) in [5.41, 5.74) is 4.06. The van der Waals surface area contributed by atoms with Gasteiger partial charge in [0.15, 0.2) is 0 Å². The van der Waals surface area contributed by atoms with Gasteiger partial charge in [0.05, 0.1) is 17.0 Å². The highest BCUT2D eigenvalue weighted by Gasteiger charge is 2.24. The number of benzene rings is 2. The minimum atomic E-state index is -0.352. The van der Waals surface area contributed by atoms with Gasteiger partial charge in [-0.3, -0.25) is 9.78 Å². The lowest BCUT2D eigenvalue weighted by Crippen LogP contribution is -2.35. The van der Waals surface area contributed by atoms with Crippen molar-refractivity contribution in [2.75, 3.05) is 6.54 Å². The van der Waals surface area contributed by atoms with Crippen LogP contribution < -0.4 is 0 Å². The zero-order valence-corrected chi connectivity index (χ0v) is 16.5. The lowest BCUT2D eigenvalue weighted by Gasteiger charge is -2.25. The maximum Gasteiger partial charge on any atom is 0.233 e. The third-order valence-electron chi connectivity index (χ3n) is 5.11. The van der Waals surface area contributed by atoms with Crippen LogP contribution in [-0.4, -0.2) is 32.3 Å². The molecule has 1 atom stereocenters. The summed E-state index contributed by atoms with van der Waals surface area (Å²) < 4.78 is 0. The second-order valence-electron chi connectivity index (χ2n) is 7.22. The first-order valence-corrected chi connectivity index (χ1v) is 9.87. The highest BCUT2D eigenvalue weighted by atomic mass is 16.2. The predicted molar refractivity (Wildman–Crippen MR) is 114 cm³/mol. The first-order chi connectivity index (χ1) is 14.2. The molecule has 0 bridgehead atoms. The number of nitrogens with zero attached hydrogens (tertiary/aromatic N) is 3. The van der Waals surface area contributed by atoms with E-state index in [4.69, 9.17) is 0 Å². The van der Waals surface area contributed by atoms with Gasteiger partial charge in [0.25, 0.3) is 0 Å². The van der Waals surface area contributed by atoms with E-state index in [-0.39, 0.29) is 11.8 Å². The number of imidazole rings is 1. The molecule has 4 rings (SSSR count). The van der Waals surface area contributed by atoms with Crippen molar-refractivity contribution in [3.05, 3.63) is 96.1 Å². The molecule has 1 unspecified atom stereocenters. The normalized spacial score (nSPS) is 12.0. The van der Waals surface area contributed by atoms with Gasteiger partial charge in [0.2, 0.25) is 5.91 Å². The van der Waals surface area contributed by atoms with Crippen LogP contribution in [0.2, 0.25) is 0 Å². The quantitative estimate of drug-likeness (QED) is 0.516. The summed E-state index contributed by atoms with van der Waals surface area (Å²) in [7, 11) is 0. The Morgan fingerprint density at radius 1 is 1.00 bits per heavy atom. The molecule has 5 heteroatoms. The summed E-state index contributed by atoms with van der Waals surface area (Å²) in [5.74, 6) is 0.408. The van der Waals surface area contributed by atoms with Gasteiger partial charge in [-0.05, 0) is 42.7 Å². The van der Waals surface area contributed by atoms with Crippen molar-refractivity contribution in [3.63, 3.8) is 0 Å². The molecule has 0 aliphatic heterocycles. The molecule has 2 aromatic heterocycles. The van der Waals surface area contributed by atoms with E-state index in [1.54, 1.807) is 6.20 Å². The summed E-state index contributed by atoms with van der Waals surface area (Å²) in [6, 6.07) is 22.0. The number of nitrogens with one attached hydrogen (secondary N) is 1. The Bertz CT molecular complexity index is 1040. The Hall–Kier alpha value is -3.47. The Kier molecular flexibility index (Phi) is 5.66. The average molecular weight is 384 g/mol. The second kappa shape index (κ2) is 8.69. The Morgan fingerprint density at radius 2 is 1.76 bits per heavy atom. The fourth-order valence-corrected chi connectivity index (χ4v) is 3.46. The van der Waals surface area contributed by atoms with Crippen LogP contribution in [0.5, 0.6) is 0 Å². The van der Waals surface area contributed by atoms with Gasteiger partial charge in [-0.25, -0.2) is 4.98 Å². The molecule has 29 heavy (non-hydrogen) atoms. The van der Waals surface area contributed by atoms with Gasteiger partial charge in [0, 0.05) is 25.5 Å². The van der Waals surface area contributed by atoms with E-state index < -0.39 is 0 Å². The number of pyridine rings is 1. The number of hydrogen-bond acceptors (Lipinski definition) is 3. The number of aromatic amines is 1. The molecule has 0 fully saturated rings. The molecular weight excluding hydrogens is 360 g/mol. The monoisotopic (exact) mass is 384 g/mol. The molecule has 0 spiro atoms. The SMILES string of the molecule is CC(C(=O)N(CCc1ccccc1)Cc1cccnc1)c1nc2ccccc2[nH]1. The van der Waals surface area contributed by atoms with E-state index in [1.165, 1.54) is 5.56 Å². The molecule has 0 radical (unpaired) electrons. The Labute approximate surface area is 170 Å². The smallest absolute Gasteiger partial charge is 0.233 e. The van der Waals surface area contributed by atoms with Gasteiger partial charge in [0.1, 0.15) is 5.82 Å². The van der Waals surface area contributed by atoms with Crippen molar-refractivity contribution < 1.29 is 4.79 Å². The van der Waals surface area contributed by atoms with Crippen molar-refractivity contribution in [3.8, 4) is 0 Å². The number of hydrogen-bond donors (Lipinski definition) is 1. The van der Waals surface area contributed by atoms with Crippen LogP contribution >= 0.6 is 0 Å². The molecule has 1 N–H and O–H groups in total. The van der Waals surface area contributed by atoms with Gasteiger partial charge < -0.3 is 9.88 Å². The van der Waals surface area contributed by atoms with Crippen LogP contribution in [0.4, 0.5) is 0 Å². The van der Waals surface area contributed by atoms with Crippen LogP contribution in [0, 0.1) is 0 Å². The number of fused-ring (bicyclic) bond motifs is 1. The van der Waals surface area contributed by atoms with Crippen molar-refractivity contribution >= 4 is 16.9 Å². The summed E-state index contributed by atoms with van der Waals surface area (Å²) >= 11 is 0. The fraction of sp³-hybridized carbons (Fsp3) is 0.208. The predicted octanol–water partition coefficient (Wildman–Crippen LogP) is 4.33. The largest absolute Gasteiger partial charge is 0.341 e. The van der Waals surface area contributed by atoms with Crippen LogP contribution in [0.1, 0.15) is 29.8 Å². The Morgan fingerprint density at radius 3 is 2.52 bits per heavy atom. The maximum absolute atomic E-state index is 13.4. The highest BCUT2D eigenvalue weighted by molar-refractivity contribution is 5.84. The van der Waals surface area contributed by atoms with E-state index in [1.807, 2.05) is 72.6 Å². The number of carbonyl (C=O) groups excluding carboxylic acids is 1. The zero-order valence-electron chi connectivity index (χ0n) is 16.5. The molecule has 2 heterocycles. The number of amides is 1. The standard InChI is InChI=1S/C24H24N4O/c1-18(23-26-21-11-5-6-12-22(21)27-23)24(29)28(17-20-10-7-14-25-16-20)15-13-19-8-3-2-4-9-19/h2-12,14,16,18H,13,15,17H2,1H3,(H,26,27). The fourth-order valence-electron chi connectivity index (χ4n) is 3.46. The number of aromatic nitrogens is 3. The van der Waals surface area contributed by atoms with Gasteiger partial charge in [-0.1, -0.05) is 48.5 Å². The minimum absolute atomic E-state index is 0.0591. The molecule has 2 aromatic carbocycles. The van der Waals surface area contributed by atoms with Crippen LogP contribution in [0.25, 0.3) is 11.0 Å². The lowest BCUT2D eigenvalue weighted by atomic mass is 10.1. The van der Waals surface area contributed by atoms with Crippen LogP contribution in [0.3, 0.4) is 0 Å². The number of H-pyrrole nitrogens is 1. The average Bonchev–Trinajstić information content (AvgIpc) is 3.21. The molecule has 0 aliphatic carbocycles. The summed E-state index contributed by atoms with van der Waals surface area (Å²) in [6.07, 6.45) is 4.37. The van der Waals surface area contributed by atoms with Crippen LogP contribution in [-0.2, 0) is 17.8 Å². The summed E-state index contributed by atoms with van der Waals surface area (Å²) in [5, 5.41) is 0. The van der Waals surface area contributed by atoms with Crippen molar-refractivity contribution in [1.29, 1.82) is 0 Å². The van der Waals surface area contributed by atoms with Gasteiger partial charge in [-0.15, -0.1) is 0 Å². The van der Waals surface area contributed by atoms with Crippen molar-refractivity contribution in [2.24, 2.45) is 0 Å². The molecule has 0 saturated carbocycles. The number of para-hydroxylation sites is 2. The Balaban J connectivity index is 1.55. The minimum Gasteiger partial charge on any atom is -0.341 e. The first-order valence-electron chi connectivity index (χ1n) is 9.87. The van der Waals surface area contributed by atoms with Crippen molar-refractivity contribution in [1.82, 2.24) is 19.9 Å². The van der Waals surface area contributed by atoms with E-state index in [0.717, 1.165) is 23.0 Å². The third kappa shape index (κ3) is 4.51. The van der Waals surface area contributed by atoms with Gasteiger partial charge in [-0.2, -0.15) is 0 Å². The highest BCUT2D eigenvalue weighted by Crippen LogP contribution is 2.21. The van der Waals surface area contributed by atoms with Gasteiger partial charge >= 0.3 is 0 Å². The van der Waals surface area contributed by atoms with E-state index in [0.29, 0.717) is 18.9 Å². The summed E-state index contributed by atoms with van der Waals surface area (Å²) in [6.45, 7) is 3.09. The molecule has 0 saturated heterocycles. The molecule has 146 valence electrons. The third-order valence-corrected chi connectivity index (χ3v) is 5.11. The van der Waals surface area contributed by atoms with E-state index in [2.05, 4.69) is 27.1 Å². The first kappa shape index (κ1) is 18.9. The lowest BCUT2D eigenvalue weighted by molar-refractivity contribution is -0.133. The van der Waals surface area contributed by atoms with E-state index in [9.17, 15) is 4.79 Å². The molecule has 5 nitrogen and oxygen atoms in total. The zero-order chi connectivity index (χ0) is 20.1. The molecule has 0 aliphatic rings. The topological polar surface area (TPSA) is 61.9 Å². The summed E-state index contributed by atoms with van der Waals surface area (Å²) in [4.78, 5) is 27.4. The molecular formula is C24H24N4O. The van der Waals surface area contributed by atoms with E-state index >= 15 is 0 Å². The maximum atomic E-state index is 13.4. The molecule has 1 amide bonds. The van der Waals surface area contributed by atoms with Crippen LogP contribution in [0.15, 0.2) is 79.1 Å². The van der Waals surface area contributed by atoms with Crippen molar-refractivity contribution in [2.45, 2.75) is 25.8 Å².